The Morgan fingerprint density at radius 2 is 1.91 bits per heavy atom. The van der Waals surface area contributed by atoms with Crippen molar-refractivity contribution in [2.75, 3.05) is 0 Å². The van der Waals surface area contributed by atoms with Gasteiger partial charge in [-0.1, -0.05) is 5.56 Å². The minimum atomic E-state index is -4.24. The maximum Gasteiger partial charge on any atom is 1.00 e. The van der Waals surface area contributed by atoms with Gasteiger partial charge in [-0.3, -0.25) is 0 Å². The summed E-state index contributed by atoms with van der Waals surface area (Å²) in [6, 6.07) is 7.01. The van der Waals surface area contributed by atoms with Gasteiger partial charge in [-0.25, -0.2) is 0 Å². The summed E-state index contributed by atoms with van der Waals surface area (Å²) in [5, 5.41) is 0. The third kappa shape index (κ3) is 3.27. The second kappa shape index (κ2) is 4.14. The van der Waals surface area contributed by atoms with E-state index in [1.165, 1.54) is 12.1 Å². The van der Waals surface area contributed by atoms with Gasteiger partial charge in [0.25, 0.3) is 0 Å². The van der Waals surface area contributed by atoms with E-state index in [9.17, 15) is 13.2 Å². The van der Waals surface area contributed by atoms with Crippen molar-refractivity contribution in [3.05, 3.63) is 35.9 Å². The zero-order valence-electron chi connectivity index (χ0n) is 5.94. The third-order valence-corrected chi connectivity index (χ3v) is 1.03. The van der Waals surface area contributed by atoms with E-state index in [0.29, 0.717) is 0 Å². The molecular weight excluding hydrogens is 164 g/mol. The van der Waals surface area contributed by atoms with Gasteiger partial charge in [-0.2, -0.15) is 43.5 Å². The molecule has 1 aromatic rings. The van der Waals surface area contributed by atoms with Crippen molar-refractivity contribution in [2.24, 2.45) is 0 Å². The van der Waals surface area contributed by atoms with Gasteiger partial charge in [-0.15, -0.1) is 0 Å². The largest absolute Gasteiger partial charge is 1.00 e. The van der Waals surface area contributed by atoms with Gasteiger partial charge >= 0.3 is 35.7 Å². The molecule has 54 valence electrons. The summed E-state index contributed by atoms with van der Waals surface area (Å²) in [5.41, 5.74) is -0.657. The van der Waals surface area contributed by atoms with Crippen LogP contribution in [0.5, 0.6) is 0 Å². The first kappa shape index (κ1) is 11.0. The number of rotatable bonds is 0. The van der Waals surface area contributed by atoms with E-state index in [0.717, 1.165) is 12.1 Å². The second-order valence-electron chi connectivity index (χ2n) is 1.79. The molecule has 1 rings (SSSR count). The summed E-state index contributed by atoms with van der Waals surface area (Å²) in [6.45, 7) is 0. The van der Waals surface area contributed by atoms with Crippen LogP contribution in [0.25, 0.3) is 0 Å². The maximum absolute atomic E-state index is 11.8. The molecule has 4 heteroatoms. The zero-order chi connectivity index (χ0) is 7.61. The molecule has 0 bridgehead atoms. The molecule has 0 amide bonds. The Bertz CT molecular complexity index is 205. The molecule has 0 radical (unpaired) electrons. The molecule has 0 atom stereocenters. The van der Waals surface area contributed by atoms with Gasteiger partial charge in [0.15, 0.2) is 0 Å². The Morgan fingerprint density at radius 1 is 1.27 bits per heavy atom. The van der Waals surface area contributed by atoms with Crippen LogP contribution in [0.4, 0.5) is 13.2 Å². The smallest absolute Gasteiger partial charge is 0.183 e. The van der Waals surface area contributed by atoms with E-state index >= 15 is 0 Å². The van der Waals surface area contributed by atoms with E-state index in [4.69, 9.17) is 0 Å². The predicted octanol–water partition coefficient (Wildman–Crippen LogP) is -0.490. The molecule has 0 N–H and O–H groups in total. The van der Waals surface area contributed by atoms with Gasteiger partial charge in [0, 0.05) is 0 Å². The molecular formula is C7H4F3Na. The topological polar surface area (TPSA) is 0 Å². The van der Waals surface area contributed by atoms with E-state index in [1.54, 1.807) is 0 Å². The molecule has 0 saturated carbocycles. The first-order valence-corrected chi connectivity index (χ1v) is 2.64. The number of benzene rings is 1. The zero-order valence-corrected chi connectivity index (χ0v) is 7.94. The summed E-state index contributed by atoms with van der Waals surface area (Å²) >= 11 is 0. The van der Waals surface area contributed by atoms with Crippen molar-refractivity contribution in [3.63, 3.8) is 0 Å². The molecule has 0 aliphatic heterocycles. The van der Waals surface area contributed by atoms with Gasteiger partial charge in [0.2, 0.25) is 0 Å². The van der Waals surface area contributed by atoms with Gasteiger partial charge in [0.05, 0.1) is 0 Å². The summed E-state index contributed by atoms with van der Waals surface area (Å²) in [6.07, 6.45) is -4.24. The SMILES string of the molecule is FC(F)(F)c1c[c-]ccc1.[Na+]. The van der Waals surface area contributed by atoms with E-state index in [1.807, 2.05) is 0 Å². The Labute approximate surface area is 84.7 Å². The van der Waals surface area contributed by atoms with Crippen LogP contribution >= 0.6 is 0 Å². The van der Waals surface area contributed by atoms with Crippen molar-refractivity contribution in [1.29, 1.82) is 0 Å². The number of alkyl halides is 3. The first-order chi connectivity index (χ1) is 4.61. The van der Waals surface area contributed by atoms with Crippen LogP contribution in [0.2, 0.25) is 0 Å². The molecule has 0 heterocycles. The Hall–Kier alpha value is 0.01000. The molecule has 0 aliphatic rings. The molecule has 11 heavy (non-hydrogen) atoms. The van der Waals surface area contributed by atoms with Gasteiger partial charge < -0.3 is 0 Å². The van der Waals surface area contributed by atoms with Crippen molar-refractivity contribution in [3.8, 4) is 0 Å². The molecule has 1 aromatic carbocycles. The van der Waals surface area contributed by atoms with Crippen LogP contribution in [0.3, 0.4) is 0 Å². The quantitative estimate of drug-likeness (QED) is 0.362. The van der Waals surface area contributed by atoms with Crippen molar-refractivity contribution in [1.82, 2.24) is 0 Å². The van der Waals surface area contributed by atoms with Crippen LogP contribution in [0.15, 0.2) is 24.3 Å². The number of halogens is 3. The molecule has 0 unspecified atom stereocenters. The Balaban J connectivity index is 0.000001000. The summed E-state index contributed by atoms with van der Waals surface area (Å²) in [7, 11) is 0. The van der Waals surface area contributed by atoms with E-state index < -0.39 is 11.7 Å². The van der Waals surface area contributed by atoms with E-state index in [-0.39, 0.29) is 29.6 Å². The molecule has 0 aromatic heterocycles. The fraction of sp³-hybridized carbons (Fsp3) is 0.143. The maximum atomic E-state index is 11.8. The first-order valence-electron chi connectivity index (χ1n) is 2.64. The molecule has 0 aliphatic carbocycles. The van der Waals surface area contributed by atoms with Crippen LogP contribution in [0.1, 0.15) is 5.56 Å². The fourth-order valence-electron chi connectivity index (χ4n) is 0.570. The second-order valence-corrected chi connectivity index (χ2v) is 1.79. The summed E-state index contributed by atoms with van der Waals surface area (Å²) in [4.78, 5) is 0. The predicted molar refractivity (Wildman–Crippen MR) is 30.3 cm³/mol. The minimum Gasteiger partial charge on any atom is -0.183 e. The average Bonchev–Trinajstić information content (AvgIpc) is 1.88. The molecule has 0 fully saturated rings. The van der Waals surface area contributed by atoms with Gasteiger partial charge in [0.1, 0.15) is 0 Å². The minimum absolute atomic E-state index is 0. The summed E-state index contributed by atoms with van der Waals surface area (Å²) in [5.74, 6) is 0. The monoisotopic (exact) mass is 168 g/mol. The van der Waals surface area contributed by atoms with E-state index in [2.05, 4.69) is 6.07 Å². The van der Waals surface area contributed by atoms with Crippen LogP contribution in [0, 0.1) is 6.07 Å². The normalized spacial score (nSPS) is 10.5. The van der Waals surface area contributed by atoms with Crippen molar-refractivity contribution >= 4 is 0 Å². The van der Waals surface area contributed by atoms with Crippen LogP contribution < -0.4 is 29.6 Å². The number of hydrogen-bond acceptors (Lipinski definition) is 0. The average molecular weight is 168 g/mol. The van der Waals surface area contributed by atoms with Crippen LogP contribution in [-0.2, 0) is 6.18 Å². The Morgan fingerprint density at radius 3 is 2.18 bits per heavy atom. The molecule has 0 spiro atoms. The fourth-order valence-corrected chi connectivity index (χ4v) is 0.570. The molecule has 0 nitrogen and oxygen atoms in total. The number of hydrogen-bond donors (Lipinski definition) is 0. The third-order valence-electron chi connectivity index (χ3n) is 1.03. The van der Waals surface area contributed by atoms with Crippen molar-refractivity contribution < 1.29 is 42.7 Å². The Kier molecular flexibility index (Phi) is 4.14. The molecule has 0 saturated heterocycles. The van der Waals surface area contributed by atoms with Crippen molar-refractivity contribution in [2.45, 2.75) is 6.18 Å². The van der Waals surface area contributed by atoms with Gasteiger partial charge in [-0.05, 0) is 0 Å². The summed E-state index contributed by atoms with van der Waals surface area (Å²) < 4.78 is 35.3. The standard InChI is InChI=1S/C7H4F3.Na/c8-7(9,10)6-4-2-1-3-5-6;/h1-2,4-5H;/q-1;+1. The van der Waals surface area contributed by atoms with Crippen LogP contribution in [-0.4, -0.2) is 0 Å².